The number of hydrogen-bond donors (Lipinski definition) is 1. The highest BCUT2D eigenvalue weighted by Crippen LogP contribution is 2.29. The summed E-state index contributed by atoms with van der Waals surface area (Å²) in [6.07, 6.45) is 6.97. The van der Waals surface area contributed by atoms with Crippen LogP contribution in [0, 0.1) is 5.92 Å². The van der Waals surface area contributed by atoms with Crippen LogP contribution in [0.3, 0.4) is 0 Å². The van der Waals surface area contributed by atoms with E-state index in [-0.39, 0.29) is 6.04 Å². The van der Waals surface area contributed by atoms with Crippen LogP contribution < -0.4 is 5.32 Å². The Balaban J connectivity index is 1.67. The molecule has 0 bridgehead atoms. The van der Waals surface area contributed by atoms with E-state index in [0.29, 0.717) is 6.04 Å². The molecule has 1 saturated carbocycles. The number of hydrogen-bond acceptors (Lipinski definition) is 2. The van der Waals surface area contributed by atoms with Gasteiger partial charge in [0.25, 0.3) is 0 Å². The molecule has 20 heavy (non-hydrogen) atoms. The summed E-state index contributed by atoms with van der Waals surface area (Å²) in [6, 6.07) is 11.2. The van der Waals surface area contributed by atoms with Crippen molar-refractivity contribution in [3.8, 4) is 0 Å². The third-order valence-electron chi connectivity index (χ3n) is 4.74. The number of benzene rings is 1. The Bertz CT molecular complexity index is 520. The van der Waals surface area contributed by atoms with Gasteiger partial charge in [0, 0.05) is 11.4 Å². The van der Waals surface area contributed by atoms with E-state index in [1.165, 1.54) is 37.5 Å². The average Bonchev–Trinajstić information content (AvgIpc) is 2.92. The predicted octanol–water partition coefficient (Wildman–Crippen LogP) is 5.05. The molecule has 2 heteroatoms. The van der Waals surface area contributed by atoms with Crippen LogP contribution in [-0.2, 0) is 0 Å². The Hall–Kier alpha value is -1.28. The van der Waals surface area contributed by atoms with E-state index in [9.17, 15) is 0 Å². The molecule has 108 valence electrons. The van der Waals surface area contributed by atoms with Crippen molar-refractivity contribution >= 4 is 11.0 Å². The maximum Gasteiger partial charge on any atom is 0.134 e. The first-order valence-electron chi connectivity index (χ1n) is 7.98. The van der Waals surface area contributed by atoms with Gasteiger partial charge in [-0.25, -0.2) is 0 Å². The summed E-state index contributed by atoms with van der Waals surface area (Å²) < 4.78 is 5.96. The van der Waals surface area contributed by atoms with Crippen molar-refractivity contribution in [2.45, 2.75) is 58.0 Å². The molecule has 2 atom stereocenters. The first-order chi connectivity index (χ1) is 9.74. The van der Waals surface area contributed by atoms with Crippen LogP contribution in [0.2, 0.25) is 0 Å². The molecule has 0 aliphatic heterocycles. The number of rotatable bonds is 4. The molecular weight excluding hydrogens is 246 g/mol. The molecule has 1 aromatic carbocycles. The summed E-state index contributed by atoms with van der Waals surface area (Å²) in [5.41, 5.74) is 0.987. The van der Waals surface area contributed by atoms with Gasteiger partial charge in [-0.15, -0.1) is 0 Å². The molecule has 0 radical (unpaired) electrons. The fraction of sp³-hybridized carbons (Fsp3) is 0.556. The SMILES string of the molecule is CC(N[C@@H](C)C1CCCCC1)c1cc2ccccc2o1. The largest absolute Gasteiger partial charge is 0.459 e. The van der Waals surface area contributed by atoms with Crippen LogP contribution in [0.15, 0.2) is 34.7 Å². The molecule has 1 aliphatic carbocycles. The third kappa shape index (κ3) is 2.90. The van der Waals surface area contributed by atoms with E-state index in [1.807, 2.05) is 12.1 Å². The monoisotopic (exact) mass is 271 g/mol. The van der Waals surface area contributed by atoms with Crippen LogP contribution in [-0.4, -0.2) is 6.04 Å². The molecule has 1 fully saturated rings. The quantitative estimate of drug-likeness (QED) is 0.841. The molecule has 2 nitrogen and oxygen atoms in total. The molecule has 1 heterocycles. The van der Waals surface area contributed by atoms with Crippen LogP contribution in [0.1, 0.15) is 57.8 Å². The zero-order chi connectivity index (χ0) is 13.9. The van der Waals surface area contributed by atoms with E-state index in [2.05, 4.69) is 37.4 Å². The van der Waals surface area contributed by atoms with Crippen molar-refractivity contribution in [3.05, 3.63) is 36.1 Å². The number of furan rings is 1. The molecular formula is C18H25NO. The molecule has 1 N–H and O–H groups in total. The van der Waals surface area contributed by atoms with Crippen molar-refractivity contribution in [3.63, 3.8) is 0 Å². The highest BCUT2D eigenvalue weighted by Gasteiger charge is 2.22. The van der Waals surface area contributed by atoms with Gasteiger partial charge in [0.05, 0.1) is 6.04 Å². The van der Waals surface area contributed by atoms with E-state index in [1.54, 1.807) is 0 Å². The van der Waals surface area contributed by atoms with Gasteiger partial charge in [0.2, 0.25) is 0 Å². The topological polar surface area (TPSA) is 25.2 Å². The Labute approximate surface area is 121 Å². The second kappa shape index (κ2) is 6.01. The molecule has 2 aromatic rings. The van der Waals surface area contributed by atoms with Gasteiger partial charge in [-0.3, -0.25) is 0 Å². The van der Waals surface area contributed by atoms with Crippen molar-refractivity contribution in [1.82, 2.24) is 5.32 Å². The lowest BCUT2D eigenvalue weighted by molar-refractivity contribution is 0.260. The van der Waals surface area contributed by atoms with Gasteiger partial charge >= 0.3 is 0 Å². The molecule has 0 amide bonds. The van der Waals surface area contributed by atoms with Gasteiger partial charge in [0.15, 0.2) is 0 Å². The van der Waals surface area contributed by atoms with Gasteiger partial charge in [-0.2, -0.15) is 0 Å². The van der Waals surface area contributed by atoms with Crippen molar-refractivity contribution in [1.29, 1.82) is 0 Å². The lowest BCUT2D eigenvalue weighted by Crippen LogP contribution is -2.36. The fourth-order valence-corrected chi connectivity index (χ4v) is 3.46. The Morgan fingerprint density at radius 2 is 1.85 bits per heavy atom. The lowest BCUT2D eigenvalue weighted by atomic mass is 9.84. The van der Waals surface area contributed by atoms with Gasteiger partial charge in [-0.1, -0.05) is 37.5 Å². The van der Waals surface area contributed by atoms with Gasteiger partial charge < -0.3 is 9.73 Å². The van der Waals surface area contributed by atoms with Crippen molar-refractivity contribution < 1.29 is 4.42 Å². The summed E-state index contributed by atoms with van der Waals surface area (Å²) in [7, 11) is 0. The van der Waals surface area contributed by atoms with Crippen LogP contribution in [0.5, 0.6) is 0 Å². The maximum absolute atomic E-state index is 5.96. The summed E-state index contributed by atoms with van der Waals surface area (Å²) in [5.74, 6) is 1.88. The van der Waals surface area contributed by atoms with Crippen LogP contribution in [0.25, 0.3) is 11.0 Å². The number of nitrogens with one attached hydrogen (secondary N) is 1. The van der Waals surface area contributed by atoms with E-state index >= 15 is 0 Å². The van der Waals surface area contributed by atoms with Crippen molar-refractivity contribution in [2.75, 3.05) is 0 Å². The molecule has 1 aromatic heterocycles. The molecule has 3 rings (SSSR count). The van der Waals surface area contributed by atoms with Gasteiger partial charge in [-0.05, 0) is 44.7 Å². The summed E-state index contributed by atoms with van der Waals surface area (Å²) >= 11 is 0. The summed E-state index contributed by atoms with van der Waals surface area (Å²) in [5, 5.41) is 4.93. The first kappa shape index (κ1) is 13.7. The Kier molecular flexibility index (Phi) is 4.11. The van der Waals surface area contributed by atoms with Crippen molar-refractivity contribution in [2.24, 2.45) is 5.92 Å². The minimum Gasteiger partial charge on any atom is -0.459 e. The molecule has 0 saturated heterocycles. The molecule has 1 unspecified atom stereocenters. The molecule has 0 spiro atoms. The van der Waals surface area contributed by atoms with Crippen LogP contribution >= 0.6 is 0 Å². The van der Waals surface area contributed by atoms with E-state index < -0.39 is 0 Å². The zero-order valence-electron chi connectivity index (χ0n) is 12.6. The zero-order valence-corrected chi connectivity index (χ0v) is 12.6. The first-order valence-corrected chi connectivity index (χ1v) is 7.98. The Morgan fingerprint density at radius 3 is 2.60 bits per heavy atom. The fourth-order valence-electron chi connectivity index (χ4n) is 3.46. The summed E-state index contributed by atoms with van der Waals surface area (Å²) in [6.45, 7) is 4.53. The average molecular weight is 271 g/mol. The summed E-state index contributed by atoms with van der Waals surface area (Å²) in [4.78, 5) is 0. The highest BCUT2D eigenvalue weighted by molar-refractivity contribution is 5.77. The van der Waals surface area contributed by atoms with Crippen LogP contribution in [0.4, 0.5) is 0 Å². The highest BCUT2D eigenvalue weighted by atomic mass is 16.3. The van der Waals surface area contributed by atoms with E-state index in [0.717, 1.165) is 17.3 Å². The number of fused-ring (bicyclic) bond motifs is 1. The predicted molar refractivity (Wildman–Crippen MR) is 83.8 cm³/mol. The third-order valence-corrected chi connectivity index (χ3v) is 4.74. The Morgan fingerprint density at radius 1 is 1.10 bits per heavy atom. The minimum atomic E-state index is 0.277. The van der Waals surface area contributed by atoms with E-state index in [4.69, 9.17) is 4.42 Å². The minimum absolute atomic E-state index is 0.277. The second-order valence-electron chi connectivity index (χ2n) is 6.26. The second-order valence-corrected chi connectivity index (χ2v) is 6.26. The molecule has 1 aliphatic rings. The lowest BCUT2D eigenvalue weighted by Gasteiger charge is -2.30. The smallest absolute Gasteiger partial charge is 0.134 e. The maximum atomic E-state index is 5.96. The van der Waals surface area contributed by atoms with Gasteiger partial charge in [0.1, 0.15) is 11.3 Å². The normalized spacial score (nSPS) is 20.1. The number of para-hydroxylation sites is 1. The standard InChI is InChI=1S/C18H25NO/c1-13(15-8-4-3-5-9-15)19-14(2)18-12-16-10-6-7-11-17(16)20-18/h6-7,10-15,19H,3-5,8-9H2,1-2H3/t13-,14?/m0/s1.